The molecule has 0 saturated carbocycles. The van der Waals surface area contributed by atoms with E-state index in [2.05, 4.69) is 25.6 Å². The van der Waals surface area contributed by atoms with Gasteiger partial charge >= 0.3 is 5.97 Å². The molecule has 1 unspecified atom stereocenters. The standard InChI is InChI=1S/C10H16O3Si/c1-5-8(14(2,3)4)9-7(11)6-13-10(9)12/h1,7-9,11H,6H2,2-4H3/t7-,8?,9+/m0/s1. The lowest BCUT2D eigenvalue weighted by Crippen LogP contribution is -2.38. The van der Waals surface area contributed by atoms with Crippen LogP contribution in [0.2, 0.25) is 25.2 Å². The second kappa shape index (κ2) is 3.75. The van der Waals surface area contributed by atoms with Crippen molar-refractivity contribution in [3.63, 3.8) is 0 Å². The largest absolute Gasteiger partial charge is 0.463 e. The number of aliphatic hydroxyl groups is 1. The van der Waals surface area contributed by atoms with Crippen LogP contribution in [0.15, 0.2) is 0 Å². The topological polar surface area (TPSA) is 46.5 Å². The van der Waals surface area contributed by atoms with Gasteiger partial charge in [-0.05, 0) is 0 Å². The van der Waals surface area contributed by atoms with Crippen LogP contribution in [0.25, 0.3) is 0 Å². The van der Waals surface area contributed by atoms with Crippen molar-refractivity contribution in [2.24, 2.45) is 5.92 Å². The van der Waals surface area contributed by atoms with E-state index in [0.717, 1.165) is 0 Å². The minimum atomic E-state index is -1.63. The summed E-state index contributed by atoms with van der Waals surface area (Å²) in [6, 6.07) is 0. The highest BCUT2D eigenvalue weighted by atomic mass is 28.3. The highest BCUT2D eigenvalue weighted by Gasteiger charge is 2.45. The molecule has 0 aromatic carbocycles. The monoisotopic (exact) mass is 212 g/mol. The van der Waals surface area contributed by atoms with Crippen molar-refractivity contribution < 1.29 is 14.6 Å². The zero-order chi connectivity index (χ0) is 10.9. The number of cyclic esters (lactones) is 1. The molecule has 1 fully saturated rings. The summed E-state index contributed by atoms with van der Waals surface area (Å²) < 4.78 is 4.79. The first-order chi connectivity index (χ1) is 6.38. The third kappa shape index (κ3) is 1.99. The zero-order valence-corrected chi connectivity index (χ0v) is 9.78. The fourth-order valence-electron chi connectivity index (χ4n) is 1.78. The van der Waals surface area contributed by atoms with E-state index in [-0.39, 0.29) is 18.1 Å². The number of carbonyl (C=O) groups is 1. The third-order valence-corrected chi connectivity index (χ3v) is 4.95. The van der Waals surface area contributed by atoms with E-state index in [4.69, 9.17) is 11.2 Å². The molecular formula is C10H16O3Si. The van der Waals surface area contributed by atoms with Crippen LogP contribution in [0, 0.1) is 18.3 Å². The molecule has 1 saturated heterocycles. The summed E-state index contributed by atoms with van der Waals surface area (Å²) in [6.45, 7) is 6.37. The van der Waals surface area contributed by atoms with Crippen molar-refractivity contribution in [1.82, 2.24) is 0 Å². The highest BCUT2D eigenvalue weighted by molar-refractivity contribution is 6.78. The fourth-order valence-corrected chi connectivity index (χ4v) is 3.71. The predicted molar refractivity (Wildman–Crippen MR) is 56.4 cm³/mol. The minimum Gasteiger partial charge on any atom is -0.463 e. The van der Waals surface area contributed by atoms with Crippen molar-refractivity contribution in [3.05, 3.63) is 0 Å². The number of esters is 1. The average Bonchev–Trinajstić information content (AvgIpc) is 2.34. The molecule has 0 amide bonds. The normalized spacial score (nSPS) is 29.5. The van der Waals surface area contributed by atoms with Crippen molar-refractivity contribution >= 4 is 14.0 Å². The van der Waals surface area contributed by atoms with Crippen LogP contribution in [0.1, 0.15) is 0 Å². The molecule has 0 aliphatic carbocycles. The molecule has 78 valence electrons. The van der Waals surface area contributed by atoms with E-state index < -0.39 is 20.1 Å². The summed E-state index contributed by atoms with van der Waals surface area (Å²) >= 11 is 0. The second-order valence-electron chi connectivity index (χ2n) is 4.73. The van der Waals surface area contributed by atoms with Crippen molar-refractivity contribution in [1.29, 1.82) is 0 Å². The number of ether oxygens (including phenoxy) is 1. The summed E-state index contributed by atoms with van der Waals surface area (Å²) in [5.41, 5.74) is -0.146. The maximum Gasteiger partial charge on any atom is 0.312 e. The van der Waals surface area contributed by atoms with E-state index in [9.17, 15) is 9.90 Å². The molecule has 1 rings (SSSR count). The number of hydrogen-bond donors (Lipinski definition) is 1. The van der Waals surface area contributed by atoms with E-state index in [1.165, 1.54) is 0 Å². The Labute approximate surface area is 85.5 Å². The number of terminal acetylenes is 1. The molecule has 4 heteroatoms. The summed E-state index contributed by atoms with van der Waals surface area (Å²) in [4.78, 5) is 11.4. The highest BCUT2D eigenvalue weighted by Crippen LogP contribution is 2.35. The zero-order valence-electron chi connectivity index (χ0n) is 8.78. The number of aliphatic hydroxyl groups excluding tert-OH is 1. The van der Waals surface area contributed by atoms with Gasteiger partial charge in [-0.2, -0.15) is 0 Å². The first-order valence-electron chi connectivity index (χ1n) is 4.68. The fraction of sp³-hybridized carbons (Fsp3) is 0.700. The molecular weight excluding hydrogens is 196 g/mol. The molecule has 3 nitrogen and oxygen atoms in total. The summed E-state index contributed by atoms with van der Waals surface area (Å²) in [5.74, 6) is 1.79. The second-order valence-corrected chi connectivity index (χ2v) is 10.1. The van der Waals surface area contributed by atoms with Crippen molar-refractivity contribution in [3.8, 4) is 12.3 Å². The number of carbonyl (C=O) groups excluding carboxylic acids is 1. The lowest BCUT2D eigenvalue weighted by Gasteiger charge is -2.28. The molecule has 14 heavy (non-hydrogen) atoms. The summed E-state index contributed by atoms with van der Waals surface area (Å²) in [5, 5.41) is 9.61. The van der Waals surface area contributed by atoms with Gasteiger partial charge in [-0.25, -0.2) is 0 Å². The van der Waals surface area contributed by atoms with E-state index >= 15 is 0 Å². The maximum atomic E-state index is 11.4. The lowest BCUT2D eigenvalue weighted by atomic mass is 10.0. The maximum absolute atomic E-state index is 11.4. The van der Waals surface area contributed by atoms with Crippen molar-refractivity contribution in [2.45, 2.75) is 31.3 Å². The number of rotatable bonds is 2. The SMILES string of the molecule is C#CC([C@@H]1C(=O)OC[C@@H]1O)[Si](C)(C)C. The molecule has 0 radical (unpaired) electrons. The minimum absolute atomic E-state index is 0.0894. The van der Waals surface area contributed by atoms with Crippen LogP contribution < -0.4 is 0 Å². The Morgan fingerprint density at radius 1 is 1.64 bits per heavy atom. The Bertz CT molecular complexity index is 274. The van der Waals surface area contributed by atoms with Gasteiger partial charge in [0.05, 0.1) is 14.0 Å². The lowest BCUT2D eigenvalue weighted by molar-refractivity contribution is -0.141. The van der Waals surface area contributed by atoms with Crippen LogP contribution in [-0.2, 0) is 9.53 Å². The van der Waals surface area contributed by atoms with E-state index in [1.807, 2.05) is 0 Å². The van der Waals surface area contributed by atoms with Crippen LogP contribution in [0.5, 0.6) is 0 Å². The van der Waals surface area contributed by atoms with E-state index in [0.29, 0.717) is 0 Å². The Kier molecular flexibility index (Phi) is 3.03. The summed E-state index contributed by atoms with van der Waals surface area (Å²) in [7, 11) is -1.63. The van der Waals surface area contributed by atoms with Gasteiger partial charge in [0.1, 0.15) is 12.7 Å². The summed E-state index contributed by atoms with van der Waals surface area (Å²) in [6.07, 6.45) is 4.70. The van der Waals surface area contributed by atoms with Gasteiger partial charge in [0.15, 0.2) is 0 Å². The Morgan fingerprint density at radius 3 is 2.50 bits per heavy atom. The number of hydrogen-bond acceptors (Lipinski definition) is 3. The molecule has 0 aromatic heterocycles. The molecule has 1 N–H and O–H groups in total. The van der Waals surface area contributed by atoms with Crippen LogP contribution >= 0.6 is 0 Å². The first-order valence-corrected chi connectivity index (χ1v) is 8.26. The molecule has 0 bridgehead atoms. The Morgan fingerprint density at radius 2 is 2.21 bits per heavy atom. The quantitative estimate of drug-likeness (QED) is 0.419. The molecule has 3 atom stereocenters. The van der Waals surface area contributed by atoms with Gasteiger partial charge in [-0.3, -0.25) is 4.79 Å². The van der Waals surface area contributed by atoms with Crippen LogP contribution in [-0.4, -0.2) is 31.9 Å². The molecule has 1 aliphatic rings. The van der Waals surface area contributed by atoms with E-state index in [1.54, 1.807) is 0 Å². The van der Waals surface area contributed by atoms with Gasteiger partial charge in [-0.1, -0.05) is 19.6 Å². The van der Waals surface area contributed by atoms with Crippen molar-refractivity contribution in [2.75, 3.05) is 6.61 Å². The Balaban J connectivity index is 2.91. The van der Waals surface area contributed by atoms with Crippen LogP contribution in [0.4, 0.5) is 0 Å². The van der Waals surface area contributed by atoms with Gasteiger partial charge in [-0.15, -0.1) is 12.3 Å². The van der Waals surface area contributed by atoms with Gasteiger partial charge in [0, 0.05) is 5.54 Å². The van der Waals surface area contributed by atoms with Crippen LogP contribution in [0.3, 0.4) is 0 Å². The average molecular weight is 212 g/mol. The van der Waals surface area contributed by atoms with Gasteiger partial charge < -0.3 is 9.84 Å². The molecule has 1 aliphatic heterocycles. The van der Waals surface area contributed by atoms with Gasteiger partial charge in [0.25, 0.3) is 0 Å². The smallest absolute Gasteiger partial charge is 0.312 e. The third-order valence-electron chi connectivity index (χ3n) is 2.55. The van der Waals surface area contributed by atoms with Gasteiger partial charge in [0.2, 0.25) is 0 Å². The Hall–Kier alpha value is -0.793. The molecule has 0 aromatic rings. The molecule has 0 spiro atoms. The molecule has 1 heterocycles. The predicted octanol–water partition coefficient (Wildman–Crippen LogP) is 0.862. The first kappa shape index (κ1) is 11.3.